The van der Waals surface area contributed by atoms with E-state index in [2.05, 4.69) is 10.6 Å². The van der Waals surface area contributed by atoms with E-state index >= 15 is 0 Å². The van der Waals surface area contributed by atoms with Gasteiger partial charge in [-0.2, -0.15) is 0 Å². The van der Waals surface area contributed by atoms with Gasteiger partial charge in [0.1, 0.15) is 5.75 Å². The van der Waals surface area contributed by atoms with Crippen molar-refractivity contribution < 1.29 is 24.2 Å². The van der Waals surface area contributed by atoms with Crippen LogP contribution in [0.2, 0.25) is 4.34 Å². The standard InChI is InChI=1S/C23H27ClN2O5S/c1-13-11-17(31-16-5-3-15(4-6-16)23(29)30)7-8-18(13)21(27)25-9-10-26-22(28)19-12-14(2)20(24)32-19/h7-8,11-12,15-16H,3-6,9-10H2,1-2H3,(H,25,27)(H,26,28)(H,29,30). The fraction of sp³-hybridized carbons (Fsp3) is 0.435. The zero-order chi connectivity index (χ0) is 23.3. The van der Waals surface area contributed by atoms with Gasteiger partial charge < -0.3 is 20.5 Å². The fourth-order valence-electron chi connectivity index (χ4n) is 3.69. The number of hydrogen-bond donors (Lipinski definition) is 3. The number of benzene rings is 1. The minimum absolute atomic E-state index is 0.00435. The summed E-state index contributed by atoms with van der Waals surface area (Å²) >= 11 is 7.22. The van der Waals surface area contributed by atoms with Gasteiger partial charge in [-0.1, -0.05) is 11.6 Å². The normalized spacial score (nSPS) is 18.1. The average molecular weight is 479 g/mol. The Balaban J connectivity index is 1.44. The Morgan fingerprint density at radius 3 is 2.25 bits per heavy atom. The van der Waals surface area contributed by atoms with E-state index in [1.54, 1.807) is 18.2 Å². The number of aliphatic carboxylic acids is 1. The topological polar surface area (TPSA) is 105 Å². The van der Waals surface area contributed by atoms with E-state index in [1.165, 1.54) is 11.3 Å². The van der Waals surface area contributed by atoms with E-state index < -0.39 is 5.97 Å². The van der Waals surface area contributed by atoms with Crippen LogP contribution < -0.4 is 15.4 Å². The summed E-state index contributed by atoms with van der Waals surface area (Å²) in [6.45, 7) is 4.29. The Kier molecular flexibility index (Phi) is 8.15. The Morgan fingerprint density at radius 1 is 1.03 bits per heavy atom. The summed E-state index contributed by atoms with van der Waals surface area (Å²) < 4.78 is 6.59. The van der Waals surface area contributed by atoms with Crippen molar-refractivity contribution >= 4 is 40.7 Å². The second kappa shape index (κ2) is 10.8. The first-order valence-corrected chi connectivity index (χ1v) is 11.8. The molecule has 0 radical (unpaired) electrons. The number of amides is 2. The van der Waals surface area contributed by atoms with Crippen LogP contribution in [-0.4, -0.2) is 42.1 Å². The molecule has 2 aromatic rings. The molecule has 1 aromatic heterocycles. The molecule has 3 rings (SSSR count). The van der Waals surface area contributed by atoms with Gasteiger partial charge in [-0.15, -0.1) is 11.3 Å². The summed E-state index contributed by atoms with van der Waals surface area (Å²) in [6.07, 6.45) is 2.66. The predicted molar refractivity (Wildman–Crippen MR) is 124 cm³/mol. The number of thiophene rings is 1. The molecular weight excluding hydrogens is 452 g/mol. The molecule has 1 heterocycles. The number of carbonyl (C=O) groups is 3. The summed E-state index contributed by atoms with van der Waals surface area (Å²) in [4.78, 5) is 36.2. The number of carboxylic acid groups (broad SMARTS) is 1. The number of halogens is 1. The van der Waals surface area contributed by atoms with Crippen LogP contribution in [0.1, 0.15) is 56.8 Å². The van der Waals surface area contributed by atoms with Gasteiger partial charge in [0.05, 0.1) is 21.2 Å². The van der Waals surface area contributed by atoms with Crippen molar-refractivity contribution in [3.05, 3.63) is 50.2 Å². The smallest absolute Gasteiger partial charge is 0.306 e. The first kappa shape index (κ1) is 24.1. The van der Waals surface area contributed by atoms with Crippen LogP contribution in [0.3, 0.4) is 0 Å². The van der Waals surface area contributed by atoms with Crippen molar-refractivity contribution in [1.82, 2.24) is 10.6 Å². The van der Waals surface area contributed by atoms with E-state index in [1.807, 2.05) is 19.9 Å². The molecule has 1 aromatic carbocycles. The quantitative estimate of drug-likeness (QED) is 0.493. The largest absolute Gasteiger partial charge is 0.490 e. The van der Waals surface area contributed by atoms with Gasteiger partial charge in [-0.3, -0.25) is 14.4 Å². The Hall–Kier alpha value is -2.58. The molecule has 1 saturated carbocycles. The third-order valence-corrected chi connectivity index (χ3v) is 7.10. The van der Waals surface area contributed by atoms with Crippen molar-refractivity contribution in [1.29, 1.82) is 0 Å². The summed E-state index contributed by atoms with van der Waals surface area (Å²) in [5.74, 6) is -0.774. The van der Waals surface area contributed by atoms with E-state index in [0.29, 0.717) is 59.3 Å². The molecule has 1 aliphatic carbocycles. The van der Waals surface area contributed by atoms with Crippen LogP contribution >= 0.6 is 22.9 Å². The lowest BCUT2D eigenvalue weighted by molar-refractivity contribution is -0.143. The monoisotopic (exact) mass is 478 g/mol. The van der Waals surface area contributed by atoms with E-state index in [0.717, 1.165) is 11.1 Å². The van der Waals surface area contributed by atoms with Crippen molar-refractivity contribution in [2.45, 2.75) is 45.6 Å². The SMILES string of the molecule is Cc1cc(OC2CCC(C(=O)O)CC2)ccc1C(=O)NCCNC(=O)c1cc(C)c(Cl)s1. The van der Waals surface area contributed by atoms with Gasteiger partial charge >= 0.3 is 5.97 Å². The summed E-state index contributed by atoms with van der Waals surface area (Å²) in [5, 5.41) is 14.7. The molecule has 172 valence electrons. The van der Waals surface area contributed by atoms with Gasteiger partial charge in [-0.05, 0) is 74.9 Å². The number of nitrogens with one attached hydrogen (secondary N) is 2. The lowest BCUT2D eigenvalue weighted by atomic mass is 9.87. The molecule has 0 spiro atoms. The minimum atomic E-state index is -0.736. The molecule has 0 bridgehead atoms. The van der Waals surface area contributed by atoms with Crippen molar-refractivity contribution in [3.63, 3.8) is 0 Å². The van der Waals surface area contributed by atoms with E-state index in [9.17, 15) is 14.4 Å². The number of ether oxygens (including phenoxy) is 1. The van der Waals surface area contributed by atoms with Crippen LogP contribution in [0.4, 0.5) is 0 Å². The first-order valence-electron chi connectivity index (χ1n) is 10.6. The molecule has 1 aliphatic rings. The Bertz CT molecular complexity index is 979. The Labute approximate surface area is 196 Å². The van der Waals surface area contributed by atoms with Crippen molar-refractivity contribution in [2.24, 2.45) is 5.92 Å². The lowest BCUT2D eigenvalue weighted by Gasteiger charge is -2.27. The molecule has 9 heteroatoms. The van der Waals surface area contributed by atoms with Gasteiger partial charge in [0.25, 0.3) is 11.8 Å². The third-order valence-electron chi connectivity index (χ3n) is 5.55. The van der Waals surface area contributed by atoms with Crippen LogP contribution in [-0.2, 0) is 4.79 Å². The zero-order valence-corrected chi connectivity index (χ0v) is 19.6. The number of rotatable bonds is 8. The molecule has 3 N–H and O–H groups in total. The number of carboxylic acids is 1. The maximum Gasteiger partial charge on any atom is 0.306 e. The highest BCUT2D eigenvalue weighted by molar-refractivity contribution is 7.18. The van der Waals surface area contributed by atoms with Crippen molar-refractivity contribution in [3.8, 4) is 5.75 Å². The summed E-state index contributed by atoms with van der Waals surface area (Å²) in [6, 6.07) is 7.04. The molecule has 0 saturated heterocycles. The second-order valence-electron chi connectivity index (χ2n) is 7.99. The summed E-state index contributed by atoms with van der Waals surface area (Å²) in [5.41, 5.74) is 2.19. The molecule has 1 fully saturated rings. The predicted octanol–water partition coefficient (Wildman–Crippen LogP) is 4.20. The fourth-order valence-corrected chi connectivity index (χ4v) is 4.81. The van der Waals surface area contributed by atoms with Gasteiger partial charge in [-0.25, -0.2) is 0 Å². The minimum Gasteiger partial charge on any atom is -0.490 e. The molecule has 0 aliphatic heterocycles. The Morgan fingerprint density at radius 2 is 1.69 bits per heavy atom. The molecule has 0 atom stereocenters. The highest BCUT2D eigenvalue weighted by atomic mass is 35.5. The van der Waals surface area contributed by atoms with E-state index in [-0.39, 0.29) is 23.8 Å². The zero-order valence-electron chi connectivity index (χ0n) is 18.1. The van der Waals surface area contributed by atoms with Crippen LogP contribution in [0.25, 0.3) is 0 Å². The first-order chi connectivity index (χ1) is 15.2. The highest BCUT2D eigenvalue weighted by Gasteiger charge is 2.27. The average Bonchev–Trinajstić information content (AvgIpc) is 3.10. The molecule has 7 nitrogen and oxygen atoms in total. The van der Waals surface area contributed by atoms with Crippen LogP contribution in [0.5, 0.6) is 5.75 Å². The highest BCUT2D eigenvalue weighted by Crippen LogP contribution is 2.29. The van der Waals surface area contributed by atoms with E-state index in [4.69, 9.17) is 21.4 Å². The van der Waals surface area contributed by atoms with Crippen LogP contribution in [0.15, 0.2) is 24.3 Å². The van der Waals surface area contributed by atoms with Crippen LogP contribution in [0, 0.1) is 19.8 Å². The summed E-state index contributed by atoms with van der Waals surface area (Å²) in [7, 11) is 0. The van der Waals surface area contributed by atoms with Crippen molar-refractivity contribution in [2.75, 3.05) is 13.1 Å². The van der Waals surface area contributed by atoms with Gasteiger partial charge in [0.2, 0.25) is 0 Å². The number of hydrogen-bond acceptors (Lipinski definition) is 5. The molecule has 32 heavy (non-hydrogen) atoms. The van der Waals surface area contributed by atoms with Gasteiger partial charge in [0.15, 0.2) is 0 Å². The molecular formula is C23H27ClN2O5S. The molecule has 2 amide bonds. The maximum atomic E-state index is 12.5. The number of carbonyl (C=O) groups excluding carboxylic acids is 2. The molecule has 0 unspecified atom stereocenters. The van der Waals surface area contributed by atoms with Gasteiger partial charge in [0, 0.05) is 18.7 Å². The maximum absolute atomic E-state index is 12.5. The third kappa shape index (κ3) is 6.23. The number of aryl methyl sites for hydroxylation is 2. The second-order valence-corrected chi connectivity index (χ2v) is 9.64. The lowest BCUT2D eigenvalue weighted by Crippen LogP contribution is -2.34.